The van der Waals surface area contributed by atoms with Crippen LogP contribution in [0.4, 0.5) is 11.4 Å². The fourth-order valence-electron chi connectivity index (χ4n) is 3.18. The van der Waals surface area contributed by atoms with Crippen molar-refractivity contribution in [2.45, 2.75) is 12.8 Å². The van der Waals surface area contributed by atoms with Gasteiger partial charge < -0.3 is 10.2 Å². The first-order valence-electron chi connectivity index (χ1n) is 8.28. The van der Waals surface area contributed by atoms with Crippen molar-refractivity contribution in [2.75, 3.05) is 23.3 Å². The van der Waals surface area contributed by atoms with Crippen LogP contribution in [0.1, 0.15) is 28.8 Å². The molecular weight excluding hydrogens is 314 g/mol. The number of nitriles is 1. The van der Waals surface area contributed by atoms with Gasteiger partial charge in [-0.05, 0) is 43.2 Å². The van der Waals surface area contributed by atoms with E-state index >= 15 is 0 Å². The van der Waals surface area contributed by atoms with Crippen molar-refractivity contribution in [1.29, 1.82) is 5.26 Å². The summed E-state index contributed by atoms with van der Waals surface area (Å²) in [6, 6.07) is 13.0. The molecule has 0 saturated carbocycles. The fraction of sp³-hybridized carbons (Fsp3) is 0.211. The highest BCUT2D eigenvalue weighted by Crippen LogP contribution is 2.23. The van der Waals surface area contributed by atoms with E-state index in [4.69, 9.17) is 5.26 Å². The van der Waals surface area contributed by atoms with Gasteiger partial charge in [0.25, 0.3) is 5.91 Å². The number of rotatable bonds is 3. The van der Waals surface area contributed by atoms with Gasteiger partial charge in [0, 0.05) is 30.7 Å². The van der Waals surface area contributed by atoms with Gasteiger partial charge in [-0.25, -0.2) is 4.52 Å². The quantitative estimate of drug-likeness (QED) is 0.800. The van der Waals surface area contributed by atoms with E-state index in [1.807, 2.05) is 18.3 Å². The third-order valence-corrected chi connectivity index (χ3v) is 4.47. The minimum absolute atomic E-state index is 0.233. The lowest BCUT2D eigenvalue weighted by atomic mass is 10.2. The van der Waals surface area contributed by atoms with Gasteiger partial charge in [-0.3, -0.25) is 4.79 Å². The Morgan fingerprint density at radius 1 is 1.20 bits per heavy atom. The SMILES string of the molecule is N#Cc1cccc(NC(=O)c2cnn3ccc(N4CCCC4)cc23)c1. The molecule has 6 heteroatoms. The molecule has 3 heterocycles. The molecular formula is C19H17N5O. The molecule has 3 aromatic rings. The highest BCUT2D eigenvalue weighted by atomic mass is 16.1. The van der Waals surface area contributed by atoms with E-state index in [0.717, 1.165) is 24.3 Å². The van der Waals surface area contributed by atoms with Crippen LogP contribution in [0.15, 0.2) is 48.8 Å². The predicted octanol–water partition coefficient (Wildman–Crippen LogP) is 3.06. The Hall–Kier alpha value is -3.33. The van der Waals surface area contributed by atoms with Gasteiger partial charge in [0.05, 0.1) is 28.9 Å². The number of benzene rings is 1. The van der Waals surface area contributed by atoms with E-state index < -0.39 is 0 Å². The smallest absolute Gasteiger partial charge is 0.259 e. The summed E-state index contributed by atoms with van der Waals surface area (Å²) in [5.41, 5.74) is 3.51. The summed E-state index contributed by atoms with van der Waals surface area (Å²) in [4.78, 5) is 15.0. The van der Waals surface area contributed by atoms with Gasteiger partial charge in [-0.15, -0.1) is 0 Å². The largest absolute Gasteiger partial charge is 0.371 e. The number of hydrogen-bond donors (Lipinski definition) is 1. The summed E-state index contributed by atoms with van der Waals surface area (Å²) >= 11 is 0. The number of nitrogens with one attached hydrogen (secondary N) is 1. The number of carbonyl (C=O) groups excluding carboxylic acids is 1. The summed E-state index contributed by atoms with van der Waals surface area (Å²) < 4.78 is 1.71. The molecule has 0 atom stereocenters. The van der Waals surface area contributed by atoms with Crippen molar-refractivity contribution in [3.63, 3.8) is 0 Å². The highest BCUT2D eigenvalue weighted by Gasteiger charge is 2.17. The van der Waals surface area contributed by atoms with Crippen LogP contribution in [0.3, 0.4) is 0 Å². The second-order valence-corrected chi connectivity index (χ2v) is 6.11. The van der Waals surface area contributed by atoms with Crippen LogP contribution < -0.4 is 10.2 Å². The molecule has 6 nitrogen and oxygen atoms in total. The number of pyridine rings is 1. The van der Waals surface area contributed by atoms with Crippen LogP contribution in [-0.4, -0.2) is 28.6 Å². The van der Waals surface area contributed by atoms with Crippen molar-refractivity contribution >= 4 is 22.8 Å². The number of amides is 1. The van der Waals surface area contributed by atoms with Gasteiger partial charge >= 0.3 is 0 Å². The molecule has 1 amide bonds. The summed E-state index contributed by atoms with van der Waals surface area (Å²) in [6.45, 7) is 2.10. The third kappa shape index (κ3) is 2.92. The van der Waals surface area contributed by atoms with Gasteiger partial charge in [-0.2, -0.15) is 10.4 Å². The van der Waals surface area contributed by atoms with Crippen LogP contribution >= 0.6 is 0 Å². The fourth-order valence-corrected chi connectivity index (χ4v) is 3.18. The summed E-state index contributed by atoms with van der Waals surface area (Å²) in [6.07, 6.45) is 5.86. The Morgan fingerprint density at radius 2 is 2.04 bits per heavy atom. The monoisotopic (exact) mass is 331 g/mol. The predicted molar refractivity (Wildman–Crippen MR) is 95.7 cm³/mol. The van der Waals surface area contributed by atoms with Crippen molar-refractivity contribution in [3.05, 3.63) is 59.9 Å². The van der Waals surface area contributed by atoms with Gasteiger partial charge in [0.2, 0.25) is 0 Å². The van der Waals surface area contributed by atoms with Crippen LogP contribution in [0.5, 0.6) is 0 Å². The summed E-state index contributed by atoms with van der Waals surface area (Å²) in [5.74, 6) is -0.233. The molecule has 124 valence electrons. The molecule has 0 bridgehead atoms. The lowest BCUT2D eigenvalue weighted by molar-refractivity contribution is 0.102. The molecule has 1 aliphatic rings. The molecule has 1 N–H and O–H groups in total. The number of aromatic nitrogens is 2. The van der Waals surface area contributed by atoms with Gasteiger partial charge in [-0.1, -0.05) is 6.07 Å². The zero-order valence-electron chi connectivity index (χ0n) is 13.6. The Bertz CT molecular complexity index is 979. The molecule has 1 aromatic carbocycles. The number of fused-ring (bicyclic) bond motifs is 1. The van der Waals surface area contributed by atoms with Gasteiger partial charge in [0.15, 0.2) is 0 Å². The standard InChI is InChI=1S/C19H17N5O/c20-12-14-4-3-5-15(10-14)22-19(25)17-13-21-24-9-6-16(11-18(17)24)23-7-1-2-8-23/h3-6,9-11,13H,1-2,7-8H2,(H,22,25). The number of nitrogens with zero attached hydrogens (tertiary/aromatic N) is 4. The molecule has 1 aliphatic heterocycles. The van der Waals surface area contributed by atoms with Crippen molar-refractivity contribution in [1.82, 2.24) is 9.61 Å². The van der Waals surface area contributed by atoms with Crippen LogP contribution in [0.25, 0.3) is 5.52 Å². The first-order valence-corrected chi connectivity index (χ1v) is 8.28. The van der Waals surface area contributed by atoms with E-state index in [0.29, 0.717) is 16.8 Å². The minimum Gasteiger partial charge on any atom is -0.371 e. The highest BCUT2D eigenvalue weighted by molar-refractivity contribution is 6.09. The second-order valence-electron chi connectivity index (χ2n) is 6.11. The lowest BCUT2D eigenvalue weighted by Gasteiger charge is -2.17. The zero-order chi connectivity index (χ0) is 17.2. The Kier molecular flexibility index (Phi) is 3.82. The number of hydrogen-bond acceptors (Lipinski definition) is 4. The molecule has 0 spiro atoms. The first kappa shape index (κ1) is 15.2. The molecule has 1 fully saturated rings. The first-order chi connectivity index (χ1) is 12.2. The summed E-state index contributed by atoms with van der Waals surface area (Å²) in [5, 5.41) is 16.1. The molecule has 0 radical (unpaired) electrons. The van der Waals surface area contributed by atoms with E-state index in [9.17, 15) is 4.79 Å². The Balaban J connectivity index is 1.64. The van der Waals surface area contributed by atoms with Crippen LogP contribution in [0, 0.1) is 11.3 Å². The van der Waals surface area contributed by atoms with Crippen molar-refractivity contribution < 1.29 is 4.79 Å². The van der Waals surface area contributed by atoms with Crippen LogP contribution in [0.2, 0.25) is 0 Å². The van der Waals surface area contributed by atoms with Gasteiger partial charge in [0.1, 0.15) is 0 Å². The van der Waals surface area contributed by atoms with E-state index in [1.165, 1.54) is 12.8 Å². The average molecular weight is 331 g/mol. The van der Waals surface area contributed by atoms with E-state index in [2.05, 4.69) is 21.4 Å². The second kappa shape index (κ2) is 6.29. The maximum atomic E-state index is 12.7. The normalized spacial score (nSPS) is 13.8. The topological polar surface area (TPSA) is 73.4 Å². The van der Waals surface area contributed by atoms with Crippen molar-refractivity contribution in [2.24, 2.45) is 0 Å². The minimum atomic E-state index is -0.233. The average Bonchev–Trinajstić information content (AvgIpc) is 3.31. The molecule has 1 saturated heterocycles. The molecule has 0 aliphatic carbocycles. The third-order valence-electron chi connectivity index (χ3n) is 4.47. The lowest BCUT2D eigenvalue weighted by Crippen LogP contribution is -2.18. The zero-order valence-corrected chi connectivity index (χ0v) is 13.6. The van der Waals surface area contributed by atoms with Crippen molar-refractivity contribution in [3.8, 4) is 6.07 Å². The molecule has 25 heavy (non-hydrogen) atoms. The maximum Gasteiger partial charge on any atom is 0.259 e. The van der Waals surface area contributed by atoms with Crippen LogP contribution in [-0.2, 0) is 0 Å². The Morgan fingerprint density at radius 3 is 2.84 bits per heavy atom. The summed E-state index contributed by atoms with van der Waals surface area (Å²) in [7, 11) is 0. The van der Waals surface area contributed by atoms with E-state index in [-0.39, 0.29) is 5.91 Å². The molecule has 2 aromatic heterocycles. The molecule has 0 unspecified atom stereocenters. The van der Waals surface area contributed by atoms with E-state index in [1.54, 1.807) is 35.0 Å². The Labute approximate surface area is 145 Å². The maximum absolute atomic E-state index is 12.7. The number of carbonyl (C=O) groups is 1. The molecule has 4 rings (SSSR count). The number of anilines is 2.